The first-order valence-corrected chi connectivity index (χ1v) is 9.75. The van der Waals surface area contributed by atoms with Gasteiger partial charge in [0.15, 0.2) is 0 Å². The summed E-state index contributed by atoms with van der Waals surface area (Å²) in [7, 11) is 0. The van der Waals surface area contributed by atoms with Crippen molar-refractivity contribution in [3.63, 3.8) is 0 Å². The number of fused-ring (bicyclic) bond motifs is 3. The molecule has 1 aliphatic carbocycles. The van der Waals surface area contributed by atoms with E-state index in [2.05, 4.69) is 10.3 Å². The molecule has 0 saturated carbocycles. The minimum Gasteiger partial charge on any atom is -0.324 e. The van der Waals surface area contributed by atoms with Gasteiger partial charge in [-0.05, 0) is 57.2 Å². The number of hydrogen-bond acceptors (Lipinski definition) is 4. The summed E-state index contributed by atoms with van der Waals surface area (Å²) in [4.78, 5) is 32.2. The maximum absolute atomic E-state index is 13.1. The monoisotopic (exact) mass is 367 g/mol. The molecule has 0 radical (unpaired) electrons. The highest BCUT2D eigenvalue weighted by Gasteiger charge is 2.23. The highest BCUT2D eigenvalue weighted by atomic mass is 32.1. The number of benzene rings is 1. The quantitative estimate of drug-likeness (QED) is 0.765. The average Bonchev–Trinajstić information content (AvgIpc) is 3.02. The predicted octanol–water partition coefficient (Wildman–Crippen LogP) is 3.84. The third-order valence-electron chi connectivity index (χ3n) is 5.02. The molecular weight excluding hydrogens is 346 g/mol. The van der Waals surface area contributed by atoms with E-state index in [0.717, 1.165) is 40.9 Å². The Morgan fingerprint density at radius 1 is 1.23 bits per heavy atom. The molecule has 134 valence electrons. The zero-order valence-electron chi connectivity index (χ0n) is 14.9. The molecule has 3 aromatic rings. The van der Waals surface area contributed by atoms with Crippen LogP contribution in [0.5, 0.6) is 0 Å². The number of thiophene rings is 1. The molecule has 6 heteroatoms. The summed E-state index contributed by atoms with van der Waals surface area (Å²) in [5, 5.41) is 3.59. The molecule has 1 aromatic carbocycles. The second-order valence-corrected chi connectivity index (χ2v) is 7.96. The van der Waals surface area contributed by atoms with E-state index in [-0.39, 0.29) is 11.5 Å². The van der Waals surface area contributed by atoms with Gasteiger partial charge < -0.3 is 5.32 Å². The van der Waals surface area contributed by atoms with Crippen LogP contribution >= 0.6 is 11.3 Å². The molecule has 1 atom stereocenters. The SMILES string of the molecule is Cc1ccc(NC(=O)[C@@H](C)n2cnc3sc4c(c3c2=O)CCCC4)cc1. The molecule has 0 aliphatic heterocycles. The summed E-state index contributed by atoms with van der Waals surface area (Å²) in [5.74, 6) is -0.221. The largest absolute Gasteiger partial charge is 0.324 e. The fourth-order valence-corrected chi connectivity index (χ4v) is 4.66. The van der Waals surface area contributed by atoms with E-state index in [4.69, 9.17) is 0 Å². The van der Waals surface area contributed by atoms with E-state index in [1.807, 2.05) is 31.2 Å². The fraction of sp³-hybridized carbons (Fsp3) is 0.350. The van der Waals surface area contributed by atoms with Gasteiger partial charge in [0, 0.05) is 10.6 Å². The van der Waals surface area contributed by atoms with Crippen molar-refractivity contribution in [2.24, 2.45) is 0 Å². The van der Waals surface area contributed by atoms with Gasteiger partial charge in [0.05, 0.1) is 11.7 Å². The van der Waals surface area contributed by atoms with Gasteiger partial charge in [0.1, 0.15) is 10.9 Å². The van der Waals surface area contributed by atoms with Crippen LogP contribution in [0.3, 0.4) is 0 Å². The molecule has 1 aliphatic rings. The van der Waals surface area contributed by atoms with Crippen molar-refractivity contribution in [1.29, 1.82) is 0 Å². The maximum atomic E-state index is 13.1. The van der Waals surface area contributed by atoms with E-state index in [0.29, 0.717) is 5.39 Å². The number of amides is 1. The first-order chi connectivity index (χ1) is 12.5. The summed E-state index contributed by atoms with van der Waals surface area (Å²) in [5.41, 5.74) is 2.89. The molecule has 1 amide bonds. The number of aromatic nitrogens is 2. The highest BCUT2D eigenvalue weighted by Crippen LogP contribution is 2.33. The number of hydrogen-bond donors (Lipinski definition) is 1. The number of carbonyl (C=O) groups is 1. The molecule has 4 rings (SSSR count). The van der Waals surface area contributed by atoms with Crippen LogP contribution in [0, 0.1) is 6.92 Å². The zero-order chi connectivity index (χ0) is 18.3. The van der Waals surface area contributed by atoms with Crippen molar-refractivity contribution in [1.82, 2.24) is 9.55 Å². The Morgan fingerprint density at radius 3 is 2.73 bits per heavy atom. The Morgan fingerprint density at radius 2 is 1.96 bits per heavy atom. The lowest BCUT2D eigenvalue weighted by atomic mass is 9.97. The molecule has 5 nitrogen and oxygen atoms in total. The third-order valence-corrected chi connectivity index (χ3v) is 6.22. The summed E-state index contributed by atoms with van der Waals surface area (Å²) < 4.78 is 1.45. The lowest BCUT2D eigenvalue weighted by Gasteiger charge is -2.15. The second kappa shape index (κ2) is 6.68. The number of anilines is 1. The van der Waals surface area contributed by atoms with Crippen LogP contribution in [0.1, 0.15) is 41.8 Å². The van der Waals surface area contributed by atoms with Crippen molar-refractivity contribution in [3.8, 4) is 0 Å². The van der Waals surface area contributed by atoms with Crippen LogP contribution in [0.25, 0.3) is 10.2 Å². The Labute approximate surface area is 155 Å². The summed E-state index contributed by atoms with van der Waals surface area (Å²) >= 11 is 1.62. The number of carbonyl (C=O) groups excluding carboxylic acids is 1. The smallest absolute Gasteiger partial charge is 0.263 e. The van der Waals surface area contributed by atoms with Crippen molar-refractivity contribution >= 4 is 33.1 Å². The highest BCUT2D eigenvalue weighted by molar-refractivity contribution is 7.18. The molecule has 0 spiro atoms. The minimum absolute atomic E-state index is 0.110. The Hall–Kier alpha value is -2.47. The first kappa shape index (κ1) is 17.0. The van der Waals surface area contributed by atoms with Crippen LogP contribution in [0.15, 0.2) is 35.4 Å². The van der Waals surface area contributed by atoms with E-state index in [1.165, 1.54) is 22.2 Å². The molecule has 0 saturated heterocycles. The molecule has 0 fully saturated rings. The molecule has 1 N–H and O–H groups in total. The van der Waals surface area contributed by atoms with Gasteiger partial charge in [0.25, 0.3) is 5.56 Å². The van der Waals surface area contributed by atoms with Crippen molar-refractivity contribution in [2.75, 3.05) is 5.32 Å². The van der Waals surface area contributed by atoms with E-state index >= 15 is 0 Å². The normalized spacial score (nSPS) is 14.8. The molecule has 2 aromatic heterocycles. The van der Waals surface area contributed by atoms with Gasteiger partial charge in [-0.3, -0.25) is 14.2 Å². The Kier molecular flexibility index (Phi) is 4.36. The Bertz CT molecular complexity index is 1030. The zero-order valence-corrected chi connectivity index (χ0v) is 15.7. The second-order valence-electron chi connectivity index (χ2n) is 6.88. The minimum atomic E-state index is -0.625. The van der Waals surface area contributed by atoms with Crippen LogP contribution in [0.4, 0.5) is 5.69 Å². The van der Waals surface area contributed by atoms with Gasteiger partial charge in [-0.2, -0.15) is 0 Å². The van der Waals surface area contributed by atoms with E-state index in [9.17, 15) is 9.59 Å². The maximum Gasteiger partial charge on any atom is 0.263 e. The molecule has 0 unspecified atom stereocenters. The Balaban J connectivity index is 1.67. The average molecular weight is 367 g/mol. The number of aryl methyl sites for hydroxylation is 3. The standard InChI is InChI=1S/C20H21N3O2S/c1-12-7-9-14(10-8-12)22-18(24)13(2)23-11-21-19-17(20(23)25)15-5-3-4-6-16(15)26-19/h7-11,13H,3-6H2,1-2H3,(H,22,24)/t13-/m1/s1. The predicted molar refractivity (Wildman–Crippen MR) is 105 cm³/mol. The van der Waals surface area contributed by atoms with Crippen LogP contribution < -0.4 is 10.9 Å². The molecule has 26 heavy (non-hydrogen) atoms. The van der Waals surface area contributed by atoms with Crippen molar-refractivity contribution in [2.45, 2.75) is 45.6 Å². The van der Waals surface area contributed by atoms with Crippen molar-refractivity contribution < 1.29 is 4.79 Å². The molecule has 0 bridgehead atoms. The number of nitrogens with zero attached hydrogens (tertiary/aromatic N) is 2. The van der Waals surface area contributed by atoms with Gasteiger partial charge in [0.2, 0.25) is 5.91 Å². The molecular formula is C20H21N3O2S. The molecule has 2 heterocycles. The summed E-state index contributed by atoms with van der Waals surface area (Å²) in [6.45, 7) is 3.73. The first-order valence-electron chi connectivity index (χ1n) is 8.93. The fourth-order valence-electron chi connectivity index (χ4n) is 3.44. The number of nitrogens with one attached hydrogen (secondary N) is 1. The van der Waals surface area contributed by atoms with Crippen LogP contribution in [0.2, 0.25) is 0 Å². The topological polar surface area (TPSA) is 64.0 Å². The third kappa shape index (κ3) is 2.94. The van der Waals surface area contributed by atoms with Gasteiger partial charge >= 0.3 is 0 Å². The van der Waals surface area contributed by atoms with Crippen molar-refractivity contribution in [3.05, 3.63) is 57.0 Å². The van der Waals surface area contributed by atoms with Gasteiger partial charge in [-0.15, -0.1) is 11.3 Å². The summed E-state index contributed by atoms with van der Waals surface area (Å²) in [6, 6.07) is 6.98. The summed E-state index contributed by atoms with van der Waals surface area (Å²) in [6.07, 6.45) is 5.74. The lowest BCUT2D eigenvalue weighted by molar-refractivity contribution is -0.118. The lowest BCUT2D eigenvalue weighted by Crippen LogP contribution is -2.32. The van der Waals surface area contributed by atoms with Gasteiger partial charge in [-0.25, -0.2) is 4.98 Å². The van der Waals surface area contributed by atoms with Gasteiger partial charge in [-0.1, -0.05) is 17.7 Å². The van der Waals surface area contributed by atoms with E-state index in [1.54, 1.807) is 18.3 Å². The van der Waals surface area contributed by atoms with Crippen LogP contribution in [-0.2, 0) is 17.6 Å². The number of rotatable bonds is 3. The van der Waals surface area contributed by atoms with E-state index < -0.39 is 6.04 Å². The van der Waals surface area contributed by atoms with Crippen LogP contribution in [-0.4, -0.2) is 15.5 Å².